The van der Waals surface area contributed by atoms with Crippen LogP contribution in [0.1, 0.15) is 16.7 Å². The van der Waals surface area contributed by atoms with E-state index >= 15 is 0 Å². The lowest BCUT2D eigenvalue weighted by atomic mass is 10.1. The number of benzene rings is 3. The minimum Gasteiger partial charge on any atom is -0.493 e. The Balaban J connectivity index is 1.81. The molecule has 1 amide bonds. The molecule has 0 saturated heterocycles. The molecule has 7 heteroatoms. The molecule has 3 aromatic rings. The van der Waals surface area contributed by atoms with Crippen molar-refractivity contribution in [2.75, 3.05) is 12.4 Å². The second-order valence-electron chi connectivity index (χ2n) is 6.94. The minimum atomic E-state index is -0.487. The second-order valence-corrected chi connectivity index (χ2v) is 9.02. The highest BCUT2D eigenvalue weighted by molar-refractivity contribution is 14.1. The lowest BCUT2D eigenvalue weighted by Crippen LogP contribution is -2.13. The van der Waals surface area contributed by atoms with Crippen LogP contribution < -0.4 is 14.8 Å². The highest BCUT2D eigenvalue weighted by Gasteiger charge is 2.14. The Kier molecular flexibility index (Phi) is 8.31. The number of halogens is 2. The Morgan fingerprint density at radius 1 is 1.19 bits per heavy atom. The van der Waals surface area contributed by atoms with Crippen LogP contribution in [-0.4, -0.2) is 13.0 Å². The molecule has 5 nitrogen and oxygen atoms in total. The van der Waals surface area contributed by atoms with E-state index in [4.69, 9.17) is 9.47 Å². The maximum Gasteiger partial charge on any atom is 0.266 e. The van der Waals surface area contributed by atoms with Crippen molar-refractivity contribution in [3.8, 4) is 17.6 Å². The van der Waals surface area contributed by atoms with Crippen molar-refractivity contribution in [2.24, 2.45) is 0 Å². The van der Waals surface area contributed by atoms with Crippen LogP contribution in [0.3, 0.4) is 0 Å². The van der Waals surface area contributed by atoms with Crippen LogP contribution >= 0.6 is 38.5 Å². The molecule has 162 valence electrons. The summed E-state index contributed by atoms with van der Waals surface area (Å²) in [6, 6.07) is 20.9. The van der Waals surface area contributed by atoms with Gasteiger partial charge in [0.1, 0.15) is 18.2 Å². The zero-order valence-electron chi connectivity index (χ0n) is 17.5. The van der Waals surface area contributed by atoms with E-state index in [2.05, 4.69) is 43.8 Å². The molecule has 3 aromatic carbocycles. The van der Waals surface area contributed by atoms with Gasteiger partial charge in [-0.2, -0.15) is 5.26 Å². The van der Waals surface area contributed by atoms with Gasteiger partial charge in [-0.15, -0.1) is 0 Å². The number of ether oxygens (including phenoxy) is 2. The van der Waals surface area contributed by atoms with Crippen LogP contribution in [0.2, 0.25) is 0 Å². The molecule has 3 rings (SSSR count). The molecule has 1 N–H and O–H groups in total. The third-order valence-electron chi connectivity index (χ3n) is 4.51. The third-order valence-corrected chi connectivity index (χ3v) is 5.81. The molecule has 0 bridgehead atoms. The van der Waals surface area contributed by atoms with Crippen molar-refractivity contribution in [2.45, 2.75) is 13.5 Å². The summed E-state index contributed by atoms with van der Waals surface area (Å²) in [5.41, 5.74) is 3.48. The van der Waals surface area contributed by atoms with Crippen LogP contribution in [-0.2, 0) is 11.4 Å². The topological polar surface area (TPSA) is 71.3 Å². The van der Waals surface area contributed by atoms with E-state index in [0.29, 0.717) is 29.4 Å². The Morgan fingerprint density at radius 2 is 1.94 bits per heavy atom. The lowest BCUT2D eigenvalue weighted by molar-refractivity contribution is -0.112. The van der Waals surface area contributed by atoms with Gasteiger partial charge in [-0.05, 0) is 77.0 Å². The van der Waals surface area contributed by atoms with Gasteiger partial charge in [0.15, 0.2) is 11.5 Å². The number of hydrogen-bond donors (Lipinski definition) is 1. The third kappa shape index (κ3) is 6.34. The average molecular weight is 603 g/mol. The largest absolute Gasteiger partial charge is 0.493 e. The normalized spacial score (nSPS) is 10.9. The number of hydrogen-bond acceptors (Lipinski definition) is 4. The SMILES string of the molecule is COc1cc(/C=C(/C#N)C(=O)Nc2cccc(Br)c2)cc(I)c1OCc1ccc(C)cc1. The number of amides is 1. The van der Waals surface area contributed by atoms with Gasteiger partial charge in [-0.3, -0.25) is 4.79 Å². The first kappa shape index (κ1) is 23.8. The summed E-state index contributed by atoms with van der Waals surface area (Å²) < 4.78 is 13.2. The minimum absolute atomic E-state index is 0.0175. The first-order chi connectivity index (χ1) is 15.4. The number of carbonyl (C=O) groups excluding carboxylic acids is 1. The zero-order chi connectivity index (χ0) is 23.1. The molecule has 0 fully saturated rings. The number of nitriles is 1. The van der Waals surface area contributed by atoms with Gasteiger partial charge in [0.25, 0.3) is 5.91 Å². The standard InChI is InChI=1S/C25H20BrIN2O3/c1-16-6-8-17(9-7-16)15-32-24-22(27)11-18(12-23(24)31-2)10-19(14-28)25(30)29-21-5-3-4-20(26)13-21/h3-13H,15H2,1-2H3,(H,29,30)/b19-10-. The highest BCUT2D eigenvalue weighted by Crippen LogP contribution is 2.35. The van der Waals surface area contributed by atoms with Crippen LogP contribution in [0.5, 0.6) is 11.5 Å². The Bertz CT molecular complexity index is 1200. The molecular formula is C25H20BrIN2O3. The van der Waals surface area contributed by atoms with Gasteiger partial charge in [0.05, 0.1) is 10.7 Å². The molecule has 0 heterocycles. The number of methoxy groups -OCH3 is 1. The molecule has 0 aliphatic carbocycles. The summed E-state index contributed by atoms with van der Waals surface area (Å²) in [6.07, 6.45) is 1.53. The summed E-state index contributed by atoms with van der Waals surface area (Å²) in [5.74, 6) is 0.655. The van der Waals surface area contributed by atoms with E-state index in [1.807, 2.05) is 49.4 Å². The summed E-state index contributed by atoms with van der Waals surface area (Å²) in [7, 11) is 1.56. The van der Waals surface area contributed by atoms with Gasteiger partial charge in [0.2, 0.25) is 0 Å². The maximum atomic E-state index is 12.6. The van der Waals surface area contributed by atoms with E-state index in [-0.39, 0.29) is 5.57 Å². The molecule has 0 atom stereocenters. The molecule has 0 aromatic heterocycles. The molecule has 32 heavy (non-hydrogen) atoms. The van der Waals surface area contributed by atoms with Crippen molar-refractivity contribution in [3.05, 3.63) is 91.0 Å². The number of carbonyl (C=O) groups is 1. The first-order valence-electron chi connectivity index (χ1n) is 9.64. The van der Waals surface area contributed by atoms with Gasteiger partial charge in [0, 0.05) is 10.2 Å². The molecular weight excluding hydrogens is 583 g/mol. The molecule has 0 aliphatic heterocycles. The van der Waals surface area contributed by atoms with Crippen LogP contribution in [0, 0.1) is 21.8 Å². The molecule has 0 saturated carbocycles. The zero-order valence-corrected chi connectivity index (χ0v) is 21.2. The predicted octanol–water partition coefficient (Wildman–Crippen LogP) is 6.50. The number of aryl methyl sites for hydroxylation is 1. The summed E-state index contributed by atoms with van der Waals surface area (Å²) in [4.78, 5) is 12.6. The van der Waals surface area contributed by atoms with Crippen molar-refractivity contribution < 1.29 is 14.3 Å². The monoisotopic (exact) mass is 602 g/mol. The second kappa shape index (κ2) is 11.2. The predicted molar refractivity (Wildman–Crippen MR) is 138 cm³/mol. The average Bonchev–Trinajstić information content (AvgIpc) is 2.77. The smallest absolute Gasteiger partial charge is 0.266 e. The van der Waals surface area contributed by atoms with Crippen molar-refractivity contribution in [3.63, 3.8) is 0 Å². The summed E-state index contributed by atoms with van der Waals surface area (Å²) in [5, 5.41) is 12.3. The van der Waals surface area contributed by atoms with Crippen LogP contribution in [0.15, 0.2) is 70.7 Å². The van der Waals surface area contributed by atoms with Gasteiger partial charge < -0.3 is 14.8 Å². The Hall–Kier alpha value is -2.83. The Labute approximate surface area is 209 Å². The first-order valence-corrected chi connectivity index (χ1v) is 11.5. The molecule has 0 spiro atoms. The Morgan fingerprint density at radius 3 is 2.59 bits per heavy atom. The fraction of sp³-hybridized carbons (Fsp3) is 0.120. The van der Waals surface area contributed by atoms with Gasteiger partial charge >= 0.3 is 0 Å². The molecule has 0 unspecified atom stereocenters. The van der Waals surface area contributed by atoms with E-state index in [0.717, 1.165) is 13.6 Å². The lowest BCUT2D eigenvalue weighted by Gasteiger charge is -2.14. The van der Waals surface area contributed by atoms with Crippen LogP contribution in [0.4, 0.5) is 5.69 Å². The van der Waals surface area contributed by atoms with E-state index in [9.17, 15) is 10.1 Å². The summed E-state index contributed by atoms with van der Waals surface area (Å²) in [6.45, 7) is 2.44. The maximum absolute atomic E-state index is 12.6. The fourth-order valence-corrected chi connectivity index (χ4v) is 4.06. The molecule has 0 radical (unpaired) electrons. The van der Waals surface area contributed by atoms with Crippen LogP contribution in [0.25, 0.3) is 6.08 Å². The van der Waals surface area contributed by atoms with E-state index in [1.165, 1.54) is 11.6 Å². The van der Waals surface area contributed by atoms with Crippen molar-refractivity contribution in [1.82, 2.24) is 0 Å². The quantitative estimate of drug-likeness (QED) is 0.190. The number of anilines is 1. The van der Waals surface area contributed by atoms with Gasteiger partial charge in [-0.1, -0.05) is 51.8 Å². The van der Waals surface area contributed by atoms with Crippen molar-refractivity contribution >= 4 is 56.2 Å². The number of rotatable bonds is 7. The number of nitrogens with zero attached hydrogens (tertiary/aromatic N) is 1. The highest BCUT2D eigenvalue weighted by atomic mass is 127. The van der Waals surface area contributed by atoms with Crippen molar-refractivity contribution in [1.29, 1.82) is 5.26 Å². The number of nitrogens with one attached hydrogen (secondary N) is 1. The molecule has 0 aliphatic rings. The fourth-order valence-electron chi connectivity index (χ4n) is 2.88. The van der Waals surface area contributed by atoms with E-state index in [1.54, 1.807) is 31.4 Å². The van der Waals surface area contributed by atoms with E-state index < -0.39 is 5.91 Å². The van der Waals surface area contributed by atoms with Gasteiger partial charge in [-0.25, -0.2) is 0 Å². The summed E-state index contributed by atoms with van der Waals surface area (Å²) >= 11 is 5.52.